The summed E-state index contributed by atoms with van der Waals surface area (Å²) >= 11 is 0. The Balaban J connectivity index is 1.34. The normalized spacial score (nSPS) is 15.5. The van der Waals surface area contributed by atoms with Crippen LogP contribution in [0.1, 0.15) is 35.4 Å². The predicted molar refractivity (Wildman–Crippen MR) is 127 cm³/mol. The van der Waals surface area contributed by atoms with Crippen molar-refractivity contribution in [2.45, 2.75) is 25.7 Å². The fourth-order valence-electron chi connectivity index (χ4n) is 4.43. The van der Waals surface area contributed by atoms with Gasteiger partial charge in [-0.1, -0.05) is 72.8 Å². The molecule has 1 aliphatic heterocycles. The molecule has 2 nitrogen and oxygen atoms in total. The van der Waals surface area contributed by atoms with Gasteiger partial charge in [0.25, 0.3) is 0 Å². The molecule has 0 radical (unpaired) electrons. The highest BCUT2D eigenvalue weighted by atomic mass is 16.5. The molecule has 1 fully saturated rings. The maximum Gasteiger partial charge on any atom is 0.118 e. The topological polar surface area (TPSA) is 12.5 Å². The van der Waals surface area contributed by atoms with E-state index < -0.39 is 0 Å². The molecule has 0 N–H and O–H groups in total. The fraction of sp³-hybridized carbons (Fsp3) is 0.286. The van der Waals surface area contributed by atoms with Crippen LogP contribution in [0, 0.1) is 6.92 Å². The van der Waals surface area contributed by atoms with Crippen LogP contribution in [-0.2, 0) is 0 Å². The minimum atomic E-state index is 0.671. The molecule has 0 aliphatic carbocycles. The molecule has 4 rings (SSSR count). The second-order valence-corrected chi connectivity index (χ2v) is 8.19. The van der Waals surface area contributed by atoms with Gasteiger partial charge in [-0.25, -0.2) is 0 Å². The number of hydrogen-bond acceptors (Lipinski definition) is 2. The molecule has 0 bridgehead atoms. The van der Waals surface area contributed by atoms with Crippen molar-refractivity contribution < 1.29 is 4.74 Å². The van der Waals surface area contributed by atoms with Gasteiger partial charge in [0, 0.05) is 6.54 Å². The second-order valence-electron chi connectivity index (χ2n) is 8.19. The van der Waals surface area contributed by atoms with Crippen LogP contribution in [-0.4, -0.2) is 31.6 Å². The van der Waals surface area contributed by atoms with Crippen LogP contribution in [0.15, 0.2) is 78.9 Å². The lowest BCUT2D eigenvalue weighted by Crippen LogP contribution is -2.33. The highest BCUT2D eigenvalue weighted by molar-refractivity contribution is 5.65. The minimum absolute atomic E-state index is 0.671. The van der Waals surface area contributed by atoms with Gasteiger partial charge in [-0.05, 0) is 78.7 Å². The number of hydrogen-bond donors (Lipinski definition) is 0. The first kappa shape index (κ1) is 20.4. The van der Waals surface area contributed by atoms with E-state index in [0.717, 1.165) is 12.3 Å². The van der Waals surface area contributed by atoms with Crippen molar-refractivity contribution in [3.05, 3.63) is 95.6 Å². The third-order valence-corrected chi connectivity index (χ3v) is 6.19. The Kier molecular flexibility index (Phi) is 6.66. The van der Waals surface area contributed by atoms with Crippen molar-refractivity contribution in [2.24, 2.45) is 0 Å². The lowest BCUT2D eigenvalue weighted by molar-refractivity contribution is 0.232. The van der Waals surface area contributed by atoms with Gasteiger partial charge in [-0.3, -0.25) is 4.90 Å². The van der Waals surface area contributed by atoms with E-state index in [4.69, 9.17) is 4.74 Å². The van der Waals surface area contributed by atoms with E-state index in [1.807, 2.05) is 12.1 Å². The molecule has 0 saturated carbocycles. The summed E-state index contributed by atoms with van der Waals surface area (Å²) < 4.78 is 5.27. The number of ether oxygens (including phenoxy) is 1. The quantitative estimate of drug-likeness (QED) is 0.467. The molecular formula is C28H31NO. The van der Waals surface area contributed by atoms with Crippen LogP contribution in [0.2, 0.25) is 0 Å². The van der Waals surface area contributed by atoms with Gasteiger partial charge in [-0.15, -0.1) is 0 Å². The van der Waals surface area contributed by atoms with Crippen LogP contribution in [0.4, 0.5) is 0 Å². The molecule has 1 saturated heterocycles. The molecule has 1 aliphatic rings. The van der Waals surface area contributed by atoms with Crippen molar-refractivity contribution in [3.63, 3.8) is 0 Å². The Hall–Kier alpha value is -2.84. The number of aryl methyl sites for hydroxylation is 1. The first-order valence-electron chi connectivity index (χ1n) is 10.9. The summed E-state index contributed by atoms with van der Waals surface area (Å²) in [7, 11) is 1.71. The SMILES string of the molecule is COc1ccc(-c2ccc(C3CCN(C/C=C/c4ccccc4)CC3)c(C)c2)cc1. The molecule has 3 aromatic rings. The summed E-state index contributed by atoms with van der Waals surface area (Å²) in [6.07, 6.45) is 7.00. The maximum atomic E-state index is 5.27. The zero-order chi connectivity index (χ0) is 20.8. The van der Waals surface area contributed by atoms with E-state index in [1.54, 1.807) is 7.11 Å². The smallest absolute Gasteiger partial charge is 0.118 e. The summed E-state index contributed by atoms with van der Waals surface area (Å²) in [4.78, 5) is 2.57. The predicted octanol–water partition coefficient (Wildman–Crippen LogP) is 6.56. The zero-order valence-electron chi connectivity index (χ0n) is 18.1. The molecule has 2 heteroatoms. The van der Waals surface area contributed by atoms with Gasteiger partial charge < -0.3 is 4.74 Å². The molecule has 1 heterocycles. The molecule has 30 heavy (non-hydrogen) atoms. The summed E-state index contributed by atoms with van der Waals surface area (Å²) in [6.45, 7) is 5.64. The number of rotatable bonds is 6. The van der Waals surface area contributed by atoms with Gasteiger partial charge in [-0.2, -0.15) is 0 Å². The standard InChI is InChI=1S/C28H31NO/c1-22-21-26(24-10-13-27(30-2)14-11-24)12-15-28(22)25-16-19-29(20-17-25)18-6-9-23-7-4-3-5-8-23/h3-15,21,25H,16-20H2,1-2H3/b9-6+. The number of methoxy groups -OCH3 is 1. The van der Waals surface area contributed by atoms with Crippen LogP contribution in [0.25, 0.3) is 17.2 Å². The van der Waals surface area contributed by atoms with Crippen LogP contribution < -0.4 is 4.74 Å². The zero-order valence-corrected chi connectivity index (χ0v) is 18.1. The largest absolute Gasteiger partial charge is 0.497 e. The molecule has 0 amide bonds. The number of piperidine rings is 1. The average Bonchev–Trinajstić information content (AvgIpc) is 2.80. The fourth-order valence-corrected chi connectivity index (χ4v) is 4.43. The second kappa shape index (κ2) is 9.77. The van der Waals surface area contributed by atoms with Gasteiger partial charge >= 0.3 is 0 Å². The summed E-state index contributed by atoms with van der Waals surface area (Å²) in [5.41, 5.74) is 6.73. The average molecular weight is 398 g/mol. The maximum absolute atomic E-state index is 5.27. The third kappa shape index (κ3) is 5.01. The first-order chi connectivity index (χ1) is 14.7. The van der Waals surface area contributed by atoms with Crippen LogP contribution in [0.5, 0.6) is 5.75 Å². The van der Waals surface area contributed by atoms with Gasteiger partial charge in [0.05, 0.1) is 7.11 Å². The summed E-state index contributed by atoms with van der Waals surface area (Å²) in [6, 6.07) is 25.8. The van der Waals surface area contributed by atoms with Gasteiger partial charge in [0.15, 0.2) is 0 Å². The summed E-state index contributed by atoms with van der Waals surface area (Å²) in [5, 5.41) is 0. The molecular weight excluding hydrogens is 366 g/mol. The lowest BCUT2D eigenvalue weighted by atomic mass is 9.85. The number of likely N-dealkylation sites (tertiary alicyclic amines) is 1. The van der Waals surface area contributed by atoms with Gasteiger partial charge in [0.1, 0.15) is 5.75 Å². The third-order valence-electron chi connectivity index (χ3n) is 6.19. The number of benzene rings is 3. The van der Waals surface area contributed by atoms with Crippen LogP contribution >= 0.6 is 0 Å². The Morgan fingerprint density at radius 1 is 0.900 bits per heavy atom. The van der Waals surface area contributed by atoms with E-state index in [0.29, 0.717) is 5.92 Å². The molecule has 3 aromatic carbocycles. The molecule has 154 valence electrons. The van der Waals surface area contributed by atoms with Crippen molar-refractivity contribution in [1.82, 2.24) is 4.90 Å². The Morgan fingerprint density at radius 2 is 1.60 bits per heavy atom. The van der Waals surface area contributed by atoms with E-state index in [1.165, 1.54) is 53.7 Å². The highest BCUT2D eigenvalue weighted by Crippen LogP contribution is 2.33. The summed E-state index contributed by atoms with van der Waals surface area (Å²) in [5.74, 6) is 1.57. The highest BCUT2D eigenvalue weighted by Gasteiger charge is 2.21. The first-order valence-corrected chi connectivity index (χ1v) is 10.9. The molecule has 0 unspecified atom stereocenters. The van der Waals surface area contributed by atoms with Crippen LogP contribution in [0.3, 0.4) is 0 Å². The van der Waals surface area contributed by atoms with Crippen molar-refractivity contribution in [1.29, 1.82) is 0 Å². The lowest BCUT2D eigenvalue weighted by Gasteiger charge is -2.32. The number of nitrogens with zero attached hydrogens (tertiary/aromatic N) is 1. The molecule has 0 atom stereocenters. The molecule has 0 spiro atoms. The molecule has 0 aromatic heterocycles. The van der Waals surface area contributed by atoms with E-state index in [9.17, 15) is 0 Å². The van der Waals surface area contributed by atoms with Gasteiger partial charge in [0.2, 0.25) is 0 Å². The van der Waals surface area contributed by atoms with E-state index in [2.05, 4.69) is 84.6 Å². The van der Waals surface area contributed by atoms with E-state index in [-0.39, 0.29) is 0 Å². The van der Waals surface area contributed by atoms with Crippen molar-refractivity contribution in [3.8, 4) is 16.9 Å². The minimum Gasteiger partial charge on any atom is -0.497 e. The van der Waals surface area contributed by atoms with Crippen molar-refractivity contribution in [2.75, 3.05) is 26.7 Å². The van der Waals surface area contributed by atoms with Crippen molar-refractivity contribution >= 4 is 6.08 Å². The Bertz CT molecular complexity index is 967. The Morgan fingerprint density at radius 3 is 2.27 bits per heavy atom. The van der Waals surface area contributed by atoms with E-state index >= 15 is 0 Å². The monoisotopic (exact) mass is 397 g/mol. The Labute approximate surface area is 180 Å².